The van der Waals surface area contributed by atoms with Gasteiger partial charge in [-0.05, 0) is 50.0 Å². The summed E-state index contributed by atoms with van der Waals surface area (Å²) in [5, 5.41) is 9.50. The Balaban J connectivity index is 3.27. The molecule has 0 atom stereocenters. The third-order valence-electron chi connectivity index (χ3n) is 3.05. The lowest BCUT2D eigenvalue weighted by Gasteiger charge is -2.12. The Kier molecular flexibility index (Phi) is 4.51. The average molecular weight is 216 g/mol. The summed E-state index contributed by atoms with van der Waals surface area (Å²) in [5.41, 5.74) is 5.84. The normalized spacial score (nSPS) is 12.1. The van der Waals surface area contributed by atoms with E-state index < -0.39 is 0 Å². The van der Waals surface area contributed by atoms with E-state index in [1.165, 1.54) is 16.7 Å². The van der Waals surface area contributed by atoms with E-state index in [9.17, 15) is 5.11 Å². The van der Waals surface area contributed by atoms with Crippen molar-refractivity contribution in [3.8, 4) is 0 Å². The minimum Gasteiger partial charge on any atom is -0.392 e. The first kappa shape index (κ1) is 12.7. The maximum atomic E-state index is 9.50. The molecule has 86 valence electrons. The Morgan fingerprint density at radius 1 is 0.938 bits per heavy atom. The summed E-state index contributed by atoms with van der Waals surface area (Å²) in [6, 6.07) is 10.1. The highest BCUT2D eigenvalue weighted by molar-refractivity contribution is 5.72. The maximum absolute atomic E-state index is 9.50. The smallest absolute Gasteiger partial charge is 0.0690 e. The van der Waals surface area contributed by atoms with Crippen molar-refractivity contribution in [3.63, 3.8) is 0 Å². The fourth-order valence-corrected chi connectivity index (χ4v) is 1.67. The molecule has 1 aromatic rings. The zero-order chi connectivity index (χ0) is 12.1. The van der Waals surface area contributed by atoms with Crippen molar-refractivity contribution in [1.82, 2.24) is 0 Å². The number of aliphatic hydroxyl groups excluding tert-OH is 1. The second-order valence-electron chi connectivity index (χ2n) is 4.25. The molecule has 0 aliphatic carbocycles. The first-order valence-corrected chi connectivity index (χ1v) is 5.58. The van der Waals surface area contributed by atoms with Crippen molar-refractivity contribution in [2.75, 3.05) is 6.61 Å². The quantitative estimate of drug-likeness (QED) is 0.762. The van der Waals surface area contributed by atoms with Crippen LogP contribution in [0.15, 0.2) is 47.1 Å². The van der Waals surface area contributed by atoms with Gasteiger partial charge >= 0.3 is 0 Å². The number of aliphatic hydroxyl groups is 1. The zero-order valence-electron chi connectivity index (χ0n) is 10.5. The van der Waals surface area contributed by atoms with Crippen LogP contribution in [-0.2, 0) is 0 Å². The minimum absolute atomic E-state index is 0.0838. The van der Waals surface area contributed by atoms with Gasteiger partial charge in [0.1, 0.15) is 0 Å². The highest BCUT2D eigenvalue weighted by atomic mass is 16.3. The van der Waals surface area contributed by atoms with Crippen LogP contribution in [0.25, 0.3) is 5.57 Å². The lowest BCUT2D eigenvalue weighted by Crippen LogP contribution is -1.96. The standard InChI is InChI=1S/C15H20O/c1-11(2)12(3)13(4)15(10-16)14-8-6-5-7-9-14/h5-9,16H,10H2,1-4H3/b15-13+. The predicted molar refractivity (Wildman–Crippen MR) is 70.2 cm³/mol. The highest BCUT2D eigenvalue weighted by Crippen LogP contribution is 2.24. The van der Waals surface area contributed by atoms with Crippen LogP contribution in [0.4, 0.5) is 0 Å². The molecule has 0 saturated carbocycles. The number of allylic oxidation sites excluding steroid dienone is 3. The monoisotopic (exact) mass is 216 g/mol. The molecule has 1 nitrogen and oxygen atoms in total. The summed E-state index contributed by atoms with van der Waals surface area (Å²) in [4.78, 5) is 0. The number of hydrogen-bond acceptors (Lipinski definition) is 1. The molecular weight excluding hydrogens is 196 g/mol. The van der Waals surface area contributed by atoms with Gasteiger partial charge in [-0.2, -0.15) is 0 Å². The van der Waals surface area contributed by atoms with Gasteiger partial charge in [-0.3, -0.25) is 0 Å². The first-order valence-electron chi connectivity index (χ1n) is 5.58. The van der Waals surface area contributed by atoms with Crippen molar-refractivity contribution in [1.29, 1.82) is 0 Å². The molecule has 0 spiro atoms. The molecule has 0 radical (unpaired) electrons. The van der Waals surface area contributed by atoms with E-state index in [0.29, 0.717) is 0 Å². The van der Waals surface area contributed by atoms with Crippen molar-refractivity contribution >= 4 is 5.57 Å². The molecule has 0 heterocycles. The summed E-state index contributed by atoms with van der Waals surface area (Å²) in [5.74, 6) is 0. The van der Waals surface area contributed by atoms with Crippen molar-refractivity contribution in [2.24, 2.45) is 0 Å². The summed E-state index contributed by atoms with van der Waals surface area (Å²) in [6.07, 6.45) is 0. The van der Waals surface area contributed by atoms with E-state index in [1.54, 1.807) is 0 Å². The summed E-state index contributed by atoms with van der Waals surface area (Å²) in [6.45, 7) is 8.45. The van der Waals surface area contributed by atoms with Crippen LogP contribution in [0.1, 0.15) is 33.3 Å². The van der Waals surface area contributed by atoms with Crippen molar-refractivity contribution in [3.05, 3.63) is 52.6 Å². The van der Waals surface area contributed by atoms with Crippen LogP contribution >= 0.6 is 0 Å². The molecule has 0 bridgehead atoms. The van der Waals surface area contributed by atoms with E-state index in [0.717, 1.165) is 11.1 Å². The molecule has 0 fully saturated rings. The largest absolute Gasteiger partial charge is 0.392 e. The van der Waals surface area contributed by atoms with Crippen LogP contribution in [-0.4, -0.2) is 11.7 Å². The van der Waals surface area contributed by atoms with Gasteiger partial charge in [-0.25, -0.2) is 0 Å². The van der Waals surface area contributed by atoms with Gasteiger partial charge in [0.2, 0.25) is 0 Å². The Labute approximate surface area is 98.1 Å². The van der Waals surface area contributed by atoms with Crippen LogP contribution in [0.5, 0.6) is 0 Å². The van der Waals surface area contributed by atoms with Crippen LogP contribution < -0.4 is 0 Å². The average Bonchev–Trinajstić information content (AvgIpc) is 2.30. The Bertz CT molecular complexity index is 406. The van der Waals surface area contributed by atoms with E-state index >= 15 is 0 Å². The molecule has 1 aromatic carbocycles. The Hall–Kier alpha value is -1.34. The van der Waals surface area contributed by atoms with Gasteiger partial charge in [0.25, 0.3) is 0 Å². The second-order valence-corrected chi connectivity index (χ2v) is 4.25. The molecule has 0 amide bonds. The molecule has 0 unspecified atom stereocenters. The van der Waals surface area contributed by atoms with Crippen LogP contribution in [0.3, 0.4) is 0 Å². The van der Waals surface area contributed by atoms with Gasteiger partial charge < -0.3 is 5.11 Å². The first-order chi connectivity index (χ1) is 7.57. The topological polar surface area (TPSA) is 20.2 Å². The lowest BCUT2D eigenvalue weighted by atomic mass is 9.95. The fraction of sp³-hybridized carbons (Fsp3) is 0.333. The maximum Gasteiger partial charge on any atom is 0.0690 e. The SMILES string of the molecule is CC(C)=C(C)/C(C)=C(\CO)c1ccccc1. The molecule has 0 aliphatic heterocycles. The third-order valence-corrected chi connectivity index (χ3v) is 3.05. The molecule has 0 aromatic heterocycles. The Morgan fingerprint density at radius 3 is 1.94 bits per heavy atom. The summed E-state index contributed by atoms with van der Waals surface area (Å²) in [7, 11) is 0. The van der Waals surface area contributed by atoms with Gasteiger partial charge in [-0.1, -0.05) is 35.9 Å². The van der Waals surface area contributed by atoms with E-state index in [-0.39, 0.29) is 6.61 Å². The van der Waals surface area contributed by atoms with E-state index in [1.807, 2.05) is 30.3 Å². The second kappa shape index (κ2) is 5.66. The van der Waals surface area contributed by atoms with E-state index in [4.69, 9.17) is 0 Å². The molecule has 16 heavy (non-hydrogen) atoms. The number of hydrogen-bond donors (Lipinski definition) is 1. The molecule has 1 N–H and O–H groups in total. The zero-order valence-corrected chi connectivity index (χ0v) is 10.5. The van der Waals surface area contributed by atoms with Crippen LogP contribution in [0, 0.1) is 0 Å². The van der Waals surface area contributed by atoms with E-state index in [2.05, 4.69) is 27.7 Å². The fourth-order valence-electron chi connectivity index (χ4n) is 1.67. The number of rotatable bonds is 3. The van der Waals surface area contributed by atoms with Gasteiger partial charge in [-0.15, -0.1) is 0 Å². The third kappa shape index (κ3) is 2.83. The molecule has 0 saturated heterocycles. The molecular formula is C15H20O. The molecule has 1 rings (SSSR count). The molecule has 1 heteroatoms. The predicted octanol–water partition coefficient (Wildman–Crippen LogP) is 3.81. The lowest BCUT2D eigenvalue weighted by molar-refractivity contribution is 0.349. The van der Waals surface area contributed by atoms with Gasteiger partial charge in [0.05, 0.1) is 6.61 Å². The minimum atomic E-state index is 0.0838. The van der Waals surface area contributed by atoms with Gasteiger partial charge in [0, 0.05) is 0 Å². The highest BCUT2D eigenvalue weighted by Gasteiger charge is 2.06. The summed E-state index contributed by atoms with van der Waals surface area (Å²) < 4.78 is 0. The van der Waals surface area contributed by atoms with Crippen LogP contribution in [0.2, 0.25) is 0 Å². The number of benzene rings is 1. The van der Waals surface area contributed by atoms with Crippen molar-refractivity contribution in [2.45, 2.75) is 27.7 Å². The Morgan fingerprint density at radius 2 is 1.50 bits per heavy atom. The van der Waals surface area contributed by atoms with Gasteiger partial charge in [0.15, 0.2) is 0 Å². The molecule has 0 aliphatic rings. The summed E-state index contributed by atoms with van der Waals surface area (Å²) >= 11 is 0. The van der Waals surface area contributed by atoms with Crippen molar-refractivity contribution < 1.29 is 5.11 Å².